The molecule has 582 valence electrons. The quantitative estimate of drug-likeness (QED) is 0.0222. The summed E-state index contributed by atoms with van der Waals surface area (Å²) in [4.78, 5) is 72.9. The molecule has 0 aliphatic heterocycles. The van der Waals surface area contributed by atoms with Crippen LogP contribution in [-0.4, -0.2) is 96.7 Å². The number of ether oxygens (including phenoxy) is 4. The highest BCUT2D eigenvalue weighted by molar-refractivity contribution is 7.47. The zero-order valence-electron chi connectivity index (χ0n) is 64.4. The minimum Gasteiger partial charge on any atom is -0.462 e. The van der Waals surface area contributed by atoms with E-state index in [1.165, 1.54) is 199 Å². The summed E-state index contributed by atoms with van der Waals surface area (Å²) in [5, 5.41) is 10.6. The van der Waals surface area contributed by atoms with Crippen molar-refractivity contribution in [1.29, 1.82) is 0 Å². The highest BCUT2D eigenvalue weighted by atomic mass is 31.2. The number of rotatable bonds is 76. The number of hydrogen-bond donors (Lipinski definition) is 3. The molecule has 0 spiro atoms. The van der Waals surface area contributed by atoms with Gasteiger partial charge in [0.25, 0.3) is 0 Å². The summed E-state index contributed by atoms with van der Waals surface area (Å²) in [7, 11) is -9.92. The average Bonchev–Trinajstić information content (AvgIpc) is 0.935. The molecular weight excluding hydrogens is 1280 g/mol. The Kier molecular flexibility index (Phi) is 66.8. The summed E-state index contributed by atoms with van der Waals surface area (Å²) >= 11 is 0. The van der Waals surface area contributed by atoms with E-state index in [0.717, 1.165) is 114 Å². The molecule has 0 radical (unpaired) electrons. The molecule has 17 nitrogen and oxygen atoms in total. The molecule has 0 fully saturated rings. The number of phosphoric ester groups is 2. The molecule has 0 aromatic carbocycles. The molecule has 98 heavy (non-hydrogen) atoms. The van der Waals surface area contributed by atoms with Crippen LogP contribution in [-0.2, 0) is 65.4 Å². The summed E-state index contributed by atoms with van der Waals surface area (Å²) in [6.45, 7) is 14.2. The number of hydrogen-bond acceptors (Lipinski definition) is 15. The van der Waals surface area contributed by atoms with Crippen molar-refractivity contribution in [2.24, 2.45) is 23.7 Å². The Bertz CT molecular complexity index is 1920. The number of carbonyl (C=O) groups excluding carboxylic acids is 4. The van der Waals surface area contributed by atoms with Gasteiger partial charge < -0.3 is 33.8 Å². The van der Waals surface area contributed by atoms with Crippen LogP contribution in [0.25, 0.3) is 0 Å². The van der Waals surface area contributed by atoms with Gasteiger partial charge in [0, 0.05) is 25.7 Å². The van der Waals surface area contributed by atoms with Gasteiger partial charge in [-0.1, -0.05) is 351 Å². The van der Waals surface area contributed by atoms with E-state index >= 15 is 0 Å². The monoisotopic (exact) mass is 1440 g/mol. The van der Waals surface area contributed by atoms with Crippen LogP contribution < -0.4 is 0 Å². The highest BCUT2D eigenvalue weighted by Gasteiger charge is 2.30. The van der Waals surface area contributed by atoms with E-state index < -0.39 is 97.5 Å². The van der Waals surface area contributed by atoms with E-state index in [9.17, 15) is 43.2 Å². The zero-order chi connectivity index (χ0) is 72.4. The number of aliphatic hydroxyl groups excluding tert-OH is 1. The summed E-state index contributed by atoms with van der Waals surface area (Å²) < 4.78 is 68.6. The van der Waals surface area contributed by atoms with Crippen molar-refractivity contribution < 1.29 is 80.2 Å². The molecule has 4 unspecified atom stereocenters. The zero-order valence-corrected chi connectivity index (χ0v) is 66.2. The van der Waals surface area contributed by atoms with Crippen molar-refractivity contribution in [3.05, 3.63) is 0 Å². The van der Waals surface area contributed by atoms with Gasteiger partial charge in [-0.15, -0.1) is 0 Å². The lowest BCUT2D eigenvalue weighted by Crippen LogP contribution is -2.30. The fourth-order valence-electron chi connectivity index (χ4n) is 12.0. The summed E-state index contributed by atoms with van der Waals surface area (Å²) in [5.74, 6) is 0.955. The molecule has 6 atom stereocenters. The molecule has 19 heteroatoms. The molecule has 0 saturated carbocycles. The van der Waals surface area contributed by atoms with Gasteiger partial charge in [-0.05, 0) is 49.4 Å². The van der Waals surface area contributed by atoms with Gasteiger partial charge in [0.2, 0.25) is 0 Å². The van der Waals surface area contributed by atoms with Gasteiger partial charge >= 0.3 is 39.5 Å². The lowest BCUT2D eigenvalue weighted by Gasteiger charge is -2.21. The van der Waals surface area contributed by atoms with E-state index in [4.69, 9.17) is 37.0 Å². The maximum absolute atomic E-state index is 13.1. The molecule has 0 aromatic heterocycles. The third kappa shape index (κ3) is 71.1. The Hall–Kier alpha value is -1.94. The molecular formula is C79H154O17P2. The summed E-state index contributed by atoms with van der Waals surface area (Å²) in [5.41, 5.74) is 0. The maximum atomic E-state index is 13.1. The minimum atomic E-state index is -4.96. The number of aliphatic hydroxyl groups is 1. The normalized spacial score (nSPS) is 14.3. The van der Waals surface area contributed by atoms with Crippen molar-refractivity contribution in [3.8, 4) is 0 Å². The Balaban J connectivity index is 5.18. The standard InChI is InChI=1S/C79H154O17P2/c1-9-72(8)58-50-42-33-27-21-17-14-15-18-22-28-34-43-51-59-76(81)89-65-74(95-79(84)62-54-46-36-30-24-26-32-40-48-56-70(4)5)67-93-97(85,86)91-63-73(80)64-92-98(87,88)94-68-75(66-90-77(82)60-52-44-38-37-41-49-57-71(6)7)96-78(83)61-53-45-35-29-23-19-13-11-10-12-16-20-25-31-39-47-55-69(2)3/h69-75,80H,9-68H2,1-8H3,(H,85,86)(H,87,88)/t72?,73?,74-,75-/m1/s1. The molecule has 0 rings (SSSR count). The Morgan fingerprint density at radius 3 is 0.724 bits per heavy atom. The molecule has 3 N–H and O–H groups in total. The summed E-state index contributed by atoms with van der Waals surface area (Å²) in [6, 6.07) is 0. The van der Waals surface area contributed by atoms with Gasteiger partial charge in [-0.2, -0.15) is 0 Å². The molecule has 0 bridgehead atoms. The van der Waals surface area contributed by atoms with Gasteiger partial charge in [0.05, 0.1) is 26.4 Å². The van der Waals surface area contributed by atoms with Crippen molar-refractivity contribution in [1.82, 2.24) is 0 Å². The van der Waals surface area contributed by atoms with Gasteiger partial charge in [0.15, 0.2) is 12.2 Å². The molecule has 0 heterocycles. The Labute approximate surface area is 600 Å². The van der Waals surface area contributed by atoms with E-state index in [1.54, 1.807) is 0 Å². The number of phosphoric acid groups is 2. The number of carbonyl (C=O) groups is 4. The minimum absolute atomic E-state index is 0.105. The van der Waals surface area contributed by atoms with Gasteiger partial charge in [-0.3, -0.25) is 37.3 Å². The van der Waals surface area contributed by atoms with Crippen molar-refractivity contribution in [3.63, 3.8) is 0 Å². The summed E-state index contributed by atoms with van der Waals surface area (Å²) in [6.07, 6.45) is 54.3. The lowest BCUT2D eigenvalue weighted by molar-refractivity contribution is -0.161. The van der Waals surface area contributed by atoms with E-state index in [1.807, 2.05) is 0 Å². The predicted molar refractivity (Wildman–Crippen MR) is 400 cm³/mol. The van der Waals surface area contributed by atoms with Crippen LogP contribution in [0.5, 0.6) is 0 Å². The molecule has 0 aliphatic carbocycles. The van der Waals surface area contributed by atoms with Crippen LogP contribution in [0.3, 0.4) is 0 Å². The van der Waals surface area contributed by atoms with Gasteiger partial charge in [-0.25, -0.2) is 9.13 Å². The SMILES string of the molecule is CCC(C)CCCCCCCCCCCCCCCCC(=O)OC[C@H](COP(=O)(O)OCC(O)COP(=O)(O)OC[C@@H](COC(=O)CCCCCCCCC(C)C)OC(=O)CCCCCCCCCCCCCCCCCCC(C)C)OC(=O)CCCCCCCCCCCC(C)C. The van der Waals surface area contributed by atoms with Crippen LogP contribution in [0.2, 0.25) is 0 Å². The van der Waals surface area contributed by atoms with Crippen LogP contribution in [0, 0.1) is 23.7 Å². The first kappa shape index (κ1) is 96.1. The molecule has 0 amide bonds. The average molecular weight is 1440 g/mol. The third-order valence-corrected chi connectivity index (χ3v) is 20.6. The van der Waals surface area contributed by atoms with Crippen LogP contribution in [0.15, 0.2) is 0 Å². The van der Waals surface area contributed by atoms with E-state index in [0.29, 0.717) is 31.6 Å². The molecule has 0 aliphatic rings. The Morgan fingerprint density at radius 2 is 0.490 bits per heavy atom. The second kappa shape index (κ2) is 68.2. The lowest BCUT2D eigenvalue weighted by atomic mass is 9.99. The first-order valence-corrected chi connectivity index (χ1v) is 43.7. The van der Waals surface area contributed by atoms with Crippen molar-refractivity contribution >= 4 is 39.5 Å². The van der Waals surface area contributed by atoms with Crippen LogP contribution in [0.1, 0.15) is 402 Å². The Morgan fingerprint density at radius 1 is 0.286 bits per heavy atom. The third-order valence-electron chi connectivity index (χ3n) is 18.7. The van der Waals surface area contributed by atoms with Crippen molar-refractivity contribution in [2.45, 2.75) is 420 Å². The second-order valence-electron chi connectivity index (χ2n) is 30.1. The smallest absolute Gasteiger partial charge is 0.462 e. The van der Waals surface area contributed by atoms with Gasteiger partial charge in [0.1, 0.15) is 19.3 Å². The maximum Gasteiger partial charge on any atom is 0.472 e. The van der Waals surface area contributed by atoms with E-state index in [-0.39, 0.29) is 25.7 Å². The van der Waals surface area contributed by atoms with Crippen LogP contribution >= 0.6 is 15.6 Å². The topological polar surface area (TPSA) is 237 Å². The number of esters is 4. The first-order chi connectivity index (χ1) is 47.1. The highest BCUT2D eigenvalue weighted by Crippen LogP contribution is 2.45. The fourth-order valence-corrected chi connectivity index (χ4v) is 13.6. The molecule has 0 saturated heterocycles. The fraction of sp³-hybridized carbons (Fsp3) is 0.949. The van der Waals surface area contributed by atoms with E-state index in [2.05, 4.69) is 55.4 Å². The predicted octanol–water partition coefficient (Wildman–Crippen LogP) is 23.2. The number of unbranched alkanes of at least 4 members (excludes halogenated alkanes) is 41. The first-order valence-electron chi connectivity index (χ1n) is 40.7. The van der Waals surface area contributed by atoms with Crippen LogP contribution in [0.4, 0.5) is 0 Å². The van der Waals surface area contributed by atoms with Crippen molar-refractivity contribution in [2.75, 3.05) is 39.6 Å². The second-order valence-corrected chi connectivity index (χ2v) is 33.0. The largest absolute Gasteiger partial charge is 0.472 e. The molecule has 0 aromatic rings.